The van der Waals surface area contributed by atoms with Crippen LogP contribution in [0.15, 0.2) is 18.2 Å². The molecular weight excluding hydrogens is 274 g/mol. The van der Waals surface area contributed by atoms with E-state index in [-0.39, 0.29) is 16.7 Å². The van der Waals surface area contributed by atoms with E-state index in [1.54, 1.807) is 0 Å². The monoisotopic (exact) mass is 293 g/mol. The lowest BCUT2D eigenvalue weighted by Crippen LogP contribution is -2.39. The van der Waals surface area contributed by atoms with Crippen molar-refractivity contribution >= 4 is 17.7 Å². The lowest BCUT2D eigenvalue weighted by Gasteiger charge is -2.11. The zero-order valence-electron chi connectivity index (χ0n) is 11.5. The molecule has 0 bridgehead atoms. The van der Waals surface area contributed by atoms with E-state index < -0.39 is 17.7 Å². The van der Waals surface area contributed by atoms with Gasteiger partial charge in [0.2, 0.25) is 17.7 Å². The fourth-order valence-corrected chi connectivity index (χ4v) is 1.66. The van der Waals surface area contributed by atoms with Gasteiger partial charge in [0.15, 0.2) is 0 Å². The predicted octanol–water partition coefficient (Wildman–Crippen LogP) is -1.84. The molecule has 21 heavy (non-hydrogen) atoms. The minimum atomic E-state index is -0.763. The van der Waals surface area contributed by atoms with Gasteiger partial charge in [0, 0.05) is 42.9 Å². The van der Waals surface area contributed by atoms with E-state index >= 15 is 0 Å². The van der Waals surface area contributed by atoms with Gasteiger partial charge in [-0.3, -0.25) is 14.4 Å². The molecule has 0 saturated carbocycles. The van der Waals surface area contributed by atoms with Crippen molar-refractivity contribution in [3.05, 3.63) is 34.9 Å². The lowest BCUT2D eigenvalue weighted by atomic mass is 10.0. The molecule has 2 rings (SSSR count). The maximum absolute atomic E-state index is 10.9. The van der Waals surface area contributed by atoms with E-state index in [0.29, 0.717) is 0 Å². The van der Waals surface area contributed by atoms with Crippen LogP contribution in [-0.2, 0) is 0 Å². The van der Waals surface area contributed by atoms with Crippen LogP contribution >= 0.6 is 0 Å². The van der Waals surface area contributed by atoms with Crippen LogP contribution in [0.2, 0.25) is 0 Å². The molecule has 0 spiro atoms. The first kappa shape index (κ1) is 16.6. The molecule has 1 aliphatic heterocycles. The highest BCUT2D eigenvalue weighted by molar-refractivity contribution is 6.03. The summed E-state index contributed by atoms with van der Waals surface area (Å²) in [6, 6.07) is 3.62. The summed E-state index contributed by atoms with van der Waals surface area (Å²) in [5, 5.41) is 6.44. The third-order valence-corrected chi connectivity index (χ3v) is 2.74. The molecular formula is C13H19N5O3. The molecule has 8 N–H and O–H groups in total. The number of rotatable bonds is 3. The highest BCUT2D eigenvalue weighted by atomic mass is 16.2. The van der Waals surface area contributed by atoms with Gasteiger partial charge in [0.25, 0.3) is 0 Å². The molecule has 8 nitrogen and oxygen atoms in total. The lowest BCUT2D eigenvalue weighted by molar-refractivity contribution is 0.0999. The largest absolute Gasteiger partial charge is 0.366 e. The Bertz CT molecular complexity index is 450. The van der Waals surface area contributed by atoms with Crippen LogP contribution in [0.5, 0.6) is 0 Å². The fraction of sp³-hybridized carbons (Fsp3) is 0.308. The Kier molecular flexibility index (Phi) is 6.31. The van der Waals surface area contributed by atoms with Crippen molar-refractivity contribution in [1.82, 2.24) is 10.6 Å². The second-order valence-electron chi connectivity index (χ2n) is 4.39. The van der Waals surface area contributed by atoms with E-state index in [1.807, 2.05) is 0 Å². The number of primary amides is 3. The van der Waals surface area contributed by atoms with Gasteiger partial charge in [-0.2, -0.15) is 0 Å². The van der Waals surface area contributed by atoms with E-state index in [1.165, 1.54) is 18.2 Å². The van der Waals surface area contributed by atoms with Gasteiger partial charge in [-0.05, 0) is 18.2 Å². The highest BCUT2D eigenvalue weighted by Gasteiger charge is 2.11. The molecule has 0 unspecified atom stereocenters. The van der Waals surface area contributed by atoms with Crippen molar-refractivity contribution in [2.24, 2.45) is 17.2 Å². The van der Waals surface area contributed by atoms with Gasteiger partial charge in [0.05, 0.1) is 0 Å². The number of benzene rings is 1. The number of hydrogen-bond donors (Lipinski definition) is 5. The van der Waals surface area contributed by atoms with Crippen molar-refractivity contribution in [3.63, 3.8) is 0 Å². The number of hydrogen-bond acceptors (Lipinski definition) is 5. The summed E-state index contributed by atoms with van der Waals surface area (Å²) in [7, 11) is 0. The summed E-state index contributed by atoms with van der Waals surface area (Å²) in [5.41, 5.74) is 15.1. The summed E-state index contributed by atoms with van der Waals surface area (Å²) in [5.74, 6) is -2.29. The molecule has 3 amide bonds. The summed E-state index contributed by atoms with van der Waals surface area (Å²) < 4.78 is 0. The van der Waals surface area contributed by atoms with Crippen molar-refractivity contribution in [2.45, 2.75) is 0 Å². The van der Waals surface area contributed by atoms with Crippen molar-refractivity contribution < 1.29 is 14.4 Å². The molecule has 0 aromatic heterocycles. The van der Waals surface area contributed by atoms with Crippen LogP contribution in [0, 0.1) is 0 Å². The average molecular weight is 293 g/mol. The first-order chi connectivity index (χ1) is 9.91. The van der Waals surface area contributed by atoms with E-state index in [9.17, 15) is 14.4 Å². The maximum Gasteiger partial charge on any atom is 0.248 e. The molecule has 0 atom stereocenters. The fourth-order valence-electron chi connectivity index (χ4n) is 1.66. The Balaban J connectivity index is 0.000000304. The standard InChI is InChI=1S/C9H9N3O3.C4H10N2/c10-7(13)4-1-5(8(11)14)3-6(2-4)9(12)15;1-2-6-4-3-5-1/h1-3H,(H2,10,13)(H2,11,14)(H2,12,15);5-6H,1-4H2. The first-order valence-corrected chi connectivity index (χ1v) is 6.37. The van der Waals surface area contributed by atoms with Crippen molar-refractivity contribution in [3.8, 4) is 0 Å². The van der Waals surface area contributed by atoms with Crippen LogP contribution < -0.4 is 27.8 Å². The molecule has 8 heteroatoms. The minimum Gasteiger partial charge on any atom is -0.366 e. The quantitative estimate of drug-likeness (QED) is 0.443. The third-order valence-electron chi connectivity index (χ3n) is 2.74. The third kappa shape index (κ3) is 5.59. The number of amides is 3. The molecule has 1 aliphatic rings. The zero-order chi connectivity index (χ0) is 15.8. The van der Waals surface area contributed by atoms with Gasteiger partial charge in [-0.1, -0.05) is 0 Å². The Morgan fingerprint density at radius 3 is 1.05 bits per heavy atom. The molecule has 1 saturated heterocycles. The number of nitrogens with one attached hydrogen (secondary N) is 2. The predicted molar refractivity (Wildman–Crippen MR) is 77.7 cm³/mol. The van der Waals surface area contributed by atoms with Gasteiger partial charge in [0.1, 0.15) is 0 Å². The van der Waals surface area contributed by atoms with Crippen LogP contribution in [0.3, 0.4) is 0 Å². The average Bonchev–Trinajstić information content (AvgIpc) is 2.49. The van der Waals surface area contributed by atoms with Gasteiger partial charge >= 0.3 is 0 Å². The van der Waals surface area contributed by atoms with Crippen LogP contribution in [0.1, 0.15) is 31.1 Å². The second kappa shape index (κ2) is 7.98. The SMILES string of the molecule is C1CNCCN1.NC(=O)c1cc(C(N)=O)cc(C(N)=O)c1. The Morgan fingerprint density at radius 2 is 0.905 bits per heavy atom. The number of carbonyl (C=O) groups is 3. The van der Waals surface area contributed by atoms with Crippen LogP contribution in [0.4, 0.5) is 0 Å². The highest BCUT2D eigenvalue weighted by Crippen LogP contribution is 2.09. The molecule has 1 fully saturated rings. The topological polar surface area (TPSA) is 153 Å². The first-order valence-electron chi connectivity index (χ1n) is 6.37. The Labute approximate surface area is 122 Å². The Morgan fingerprint density at radius 1 is 0.667 bits per heavy atom. The van der Waals surface area contributed by atoms with Gasteiger partial charge in [-0.25, -0.2) is 0 Å². The van der Waals surface area contributed by atoms with E-state index in [0.717, 1.165) is 26.2 Å². The molecule has 1 heterocycles. The minimum absolute atomic E-state index is 0.0140. The second-order valence-corrected chi connectivity index (χ2v) is 4.39. The van der Waals surface area contributed by atoms with Crippen LogP contribution in [-0.4, -0.2) is 43.9 Å². The van der Waals surface area contributed by atoms with E-state index in [4.69, 9.17) is 17.2 Å². The summed E-state index contributed by atoms with van der Waals surface area (Å²) in [6.07, 6.45) is 0. The van der Waals surface area contributed by atoms with E-state index in [2.05, 4.69) is 10.6 Å². The summed E-state index contributed by atoms with van der Waals surface area (Å²) in [6.45, 7) is 4.56. The number of carbonyl (C=O) groups excluding carboxylic acids is 3. The van der Waals surface area contributed by atoms with Crippen molar-refractivity contribution in [2.75, 3.05) is 26.2 Å². The molecule has 0 radical (unpaired) electrons. The summed E-state index contributed by atoms with van der Waals surface area (Å²) in [4.78, 5) is 32.6. The van der Waals surface area contributed by atoms with Crippen molar-refractivity contribution in [1.29, 1.82) is 0 Å². The van der Waals surface area contributed by atoms with Gasteiger partial charge < -0.3 is 27.8 Å². The molecule has 1 aromatic carbocycles. The zero-order valence-corrected chi connectivity index (χ0v) is 11.5. The molecule has 114 valence electrons. The Hall–Kier alpha value is -2.45. The maximum atomic E-state index is 10.9. The molecule has 1 aromatic rings. The summed E-state index contributed by atoms with van der Waals surface area (Å²) >= 11 is 0. The normalized spacial score (nSPS) is 13.7. The number of nitrogens with two attached hydrogens (primary N) is 3. The smallest absolute Gasteiger partial charge is 0.248 e. The number of piperazine rings is 1. The van der Waals surface area contributed by atoms with Gasteiger partial charge in [-0.15, -0.1) is 0 Å². The van der Waals surface area contributed by atoms with Crippen LogP contribution in [0.25, 0.3) is 0 Å². The molecule has 0 aliphatic carbocycles.